The number of halogens is 1. The van der Waals surface area contributed by atoms with Crippen LogP contribution in [0.1, 0.15) is 51.5 Å². The van der Waals surface area contributed by atoms with E-state index >= 15 is 0 Å². The zero-order chi connectivity index (χ0) is 20.5. The molecule has 1 aromatic rings. The Morgan fingerprint density at radius 3 is 2.77 bits per heavy atom. The number of nitrogens with one attached hydrogen (secondary N) is 2. The van der Waals surface area contributed by atoms with E-state index in [1.54, 1.807) is 7.05 Å². The first-order chi connectivity index (χ1) is 14.1. The highest BCUT2D eigenvalue weighted by molar-refractivity contribution is 14.0. The van der Waals surface area contributed by atoms with Crippen LogP contribution in [-0.4, -0.2) is 56.1 Å². The summed E-state index contributed by atoms with van der Waals surface area (Å²) in [6.45, 7) is 7.19. The molecule has 0 radical (unpaired) electrons. The van der Waals surface area contributed by atoms with Crippen LogP contribution in [-0.2, 0) is 16.0 Å². The van der Waals surface area contributed by atoms with Gasteiger partial charge in [0, 0.05) is 38.5 Å². The first kappa shape index (κ1) is 25.1. The van der Waals surface area contributed by atoms with Gasteiger partial charge in [-0.3, -0.25) is 4.99 Å². The number of aliphatic imine (C=N–C) groups is 1. The van der Waals surface area contributed by atoms with Gasteiger partial charge in [-0.05, 0) is 56.6 Å². The number of pyridine rings is 1. The van der Waals surface area contributed by atoms with E-state index in [0.717, 1.165) is 43.3 Å². The summed E-state index contributed by atoms with van der Waals surface area (Å²) in [7, 11) is 1.78. The van der Waals surface area contributed by atoms with Gasteiger partial charge in [0.25, 0.3) is 0 Å². The van der Waals surface area contributed by atoms with Crippen LogP contribution in [0.3, 0.4) is 0 Å². The molecule has 2 heterocycles. The lowest BCUT2D eigenvalue weighted by atomic mass is 9.89. The molecule has 1 aliphatic carbocycles. The summed E-state index contributed by atoms with van der Waals surface area (Å²) in [6, 6.07) is 4.18. The van der Waals surface area contributed by atoms with E-state index in [0.29, 0.717) is 31.7 Å². The molecule has 7 nitrogen and oxygen atoms in total. The van der Waals surface area contributed by atoms with Crippen molar-refractivity contribution in [3.8, 4) is 5.88 Å². The maximum absolute atomic E-state index is 6.11. The summed E-state index contributed by atoms with van der Waals surface area (Å²) in [5.41, 5.74) is 1.12. The Morgan fingerprint density at radius 1 is 1.27 bits per heavy atom. The average Bonchev–Trinajstić information content (AvgIpc) is 3.25. The van der Waals surface area contributed by atoms with Crippen molar-refractivity contribution in [2.45, 2.75) is 70.7 Å². The highest BCUT2D eigenvalue weighted by atomic mass is 127. The van der Waals surface area contributed by atoms with Crippen molar-refractivity contribution in [1.82, 2.24) is 15.6 Å². The van der Waals surface area contributed by atoms with Crippen molar-refractivity contribution in [2.24, 2.45) is 10.9 Å². The quantitative estimate of drug-likeness (QED) is 0.303. The Hall–Kier alpha value is -1.13. The van der Waals surface area contributed by atoms with Gasteiger partial charge < -0.3 is 24.8 Å². The van der Waals surface area contributed by atoms with E-state index in [-0.39, 0.29) is 36.1 Å². The zero-order valence-electron chi connectivity index (χ0n) is 18.4. The lowest BCUT2D eigenvalue weighted by Crippen LogP contribution is -2.44. The van der Waals surface area contributed by atoms with Gasteiger partial charge in [-0.15, -0.1) is 24.0 Å². The Morgan fingerprint density at radius 2 is 2.07 bits per heavy atom. The third-order valence-electron chi connectivity index (χ3n) is 5.59. The standard InChI is InChI=1S/C22H36N4O3.HI/c1-16-4-6-19(7-5-16)29-21-12-18(8-10-24-21)13-25-22(23-3)26-17(2)14-28-20-9-11-27-15-20;/h8,10,12,16-17,19-20H,4-7,9,11,13-15H2,1-3H3,(H2,23,25,26);1H. The van der Waals surface area contributed by atoms with Gasteiger partial charge in [0.05, 0.1) is 19.3 Å². The van der Waals surface area contributed by atoms with Gasteiger partial charge in [0.15, 0.2) is 5.96 Å². The largest absolute Gasteiger partial charge is 0.474 e. The Bertz CT molecular complexity index is 647. The molecule has 2 unspecified atom stereocenters. The van der Waals surface area contributed by atoms with Gasteiger partial charge >= 0.3 is 0 Å². The first-order valence-electron chi connectivity index (χ1n) is 10.9. The molecular formula is C22H37IN4O3. The second kappa shape index (κ2) is 13.3. The molecule has 170 valence electrons. The highest BCUT2D eigenvalue weighted by Crippen LogP contribution is 2.26. The smallest absolute Gasteiger partial charge is 0.213 e. The molecule has 0 amide bonds. The molecule has 1 saturated carbocycles. The number of nitrogens with zero attached hydrogens (tertiary/aromatic N) is 2. The van der Waals surface area contributed by atoms with Crippen LogP contribution in [0.4, 0.5) is 0 Å². The van der Waals surface area contributed by atoms with E-state index in [2.05, 4.69) is 34.5 Å². The van der Waals surface area contributed by atoms with E-state index in [4.69, 9.17) is 14.2 Å². The highest BCUT2D eigenvalue weighted by Gasteiger charge is 2.20. The van der Waals surface area contributed by atoms with Crippen molar-refractivity contribution in [1.29, 1.82) is 0 Å². The van der Waals surface area contributed by atoms with Gasteiger partial charge in [0.2, 0.25) is 5.88 Å². The van der Waals surface area contributed by atoms with Gasteiger partial charge in [-0.25, -0.2) is 4.98 Å². The molecule has 0 aromatic carbocycles. The first-order valence-corrected chi connectivity index (χ1v) is 10.9. The summed E-state index contributed by atoms with van der Waals surface area (Å²) in [5.74, 6) is 2.29. The SMILES string of the molecule is CN=C(NCc1ccnc(OC2CCC(C)CC2)c1)NC(C)COC1CCOC1.I. The number of guanidine groups is 1. The van der Waals surface area contributed by atoms with Crippen molar-refractivity contribution < 1.29 is 14.2 Å². The molecule has 0 spiro atoms. The minimum absolute atomic E-state index is 0. The fraction of sp³-hybridized carbons (Fsp3) is 0.727. The van der Waals surface area contributed by atoms with Crippen LogP contribution < -0.4 is 15.4 Å². The summed E-state index contributed by atoms with van der Waals surface area (Å²) in [6.07, 6.45) is 8.02. The fourth-order valence-corrected chi connectivity index (χ4v) is 3.72. The summed E-state index contributed by atoms with van der Waals surface area (Å²) in [4.78, 5) is 8.70. The predicted octanol–water partition coefficient (Wildman–Crippen LogP) is 3.52. The third kappa shape index (κ3) is 8.55. The van der Waals surface area contributed by atoms with Crippen molar-refractivity contribution in [3.05, 3.63) is 23.9 Å². The van der Waals surface area contributed by atoms with Gasteiger partial charge in [-0.2, -0.15) is 0 Å². The van der Waals surface area contributed by atoms with Crippen molar-refractivity contribution in [2.75, 3.05) is 26.9 Å². The molecule has 1 aromatic heterocycles. The Labute approximate surface area is 197 Å². The van der Waals surface area contributed by atoms with E-state index < -0.39 is 0 Å². The van der Waals surface area contributed by atoms with Crippen LogP contribution in [0.15, 0.2) is 23.3 Å². The van der Waals surface area contributed by atoms with Crippen molar-refractivity contribution in [3.63, 3.8) is 0 Å². The Balaban J connectivity index is 0.00000320. The topological polar surface area (TPSA) is 77.0 Å². The predicted molar refractivity (Wildman–Crippen MR) is 130 cm³/mol. The van der Waals surface area contributed by atoms with Crippen LogP contribution >= 0.6 is 24.0 Å². The molecule has 1 aliphatic heterocycles. The molecule has 0 bridgehead atoms. The maximum Gasteiger partial charge on any atom is 0.213 e. The minimum Gasteiger partial charge on any atom is -0.474 e. The van der Waals surface area contributed by atoms with Gasteiger partial charge in [0.1, 0.15) is 6.10 Å². The van der Waals surface area contributed by atoms with Crippen LogP contribution in [0.2, 0.25) is 0 Å². The normalized spacial score (nSPS) is 25.3. The summed E-state index contributed by atoms with van der Waals surface area (Å²) < 4.78 is 17.3. The number of ether oxygens (including phenoxy) is 3. The van der Waals surface area contributed by atoms with Gasteiger partial charge in [-0.1, -0.05) is 6.92 Å². The average molecular weight is 532 g/mol. The Kier molecular flexibility index (Phi) is 11.2. The van der Waals surface area contributed by atoms with Crippen molar-refractivity contribution >= 4 is 29.9 Å². The molecule has 2 atom stereocenters. The molecule has 2 aliphatic rings. The molecule has 30 heavy (non-hydrogen) atoms. The lowest BCUT2D eigenvalue weighted by molar-refractivity contribution is 0.0347. The number of rotatable bonds is 8. The van der Waals surface area contributed by atoms with E-state index in [9.17, 15) is 0 Å². The zero-order valence-corrected chi connectivity index (χ0v) is 20.8. The van der Waals surface area contributed by atoms with Crippen LogP contribution in [0.5, 0.6) is 5.88 Å². The maximum atomic E-state index is 6.11. The molecule has 2 fully saturated rings. The number of hydrogen-bond donors (Lipinski definition) is 2. The second-order valence-electron chi connectivity index (χ2n) is 8.29. The summed E-state index contributed by atoms with van der Waals surface area (Å²) >= 11 is 0. The molecule has 1 saturated heterocycles. The monoisotopic (exact) mass is 532 g/mol. The molecule has 2 N–H and O–H groups in total. The van der Waals surface area contributed by atoms with E-state index in [1.807, 2.05) is 18.3 Å². The number of aromatic nitrogens is 1. The van der Waals surface area contributed by atoms with E-state index in [1.165, 1.54) is 12.8 Å². The molecule has 8 heteroatoms. The van der Waals surface area contributed by atoms with Crippen LogP contribution in [0, 0.1) is 5.92 Å². The number of hydrogen-bond acceptors (Lipinski definition) is 5. The summed E-state index contributed by atoms with van der Waals surface area (Å²) in [5, 5.41) is 6.73. The third-order valence-corrected chi connectivity index (χ3v) is 5.59. The lowest BCUT2D eigenvalue weighted by Gasteiger charge is -2.26. The fourth-order valence-electron chi connectivity index (χ4n) is 3.72. The molecular weight excluding hydrogens is 495 g/mol. The second-order valence-corrected chi connectivity index (χ2v) is 8.29. The molecule has 3 rings (SSSR count). The minimum atomic E-state index is 0. The van der Waals surface area contributed by atoms with Crippen LogP contribution in [0.25, 0.3) is 0 Å².